The molecule has 1 aromatic heterocycles. The number of hydrogen-bond donors (Lipinski definition) is 1. The minimum absolute atomic E-state index is 0.515. The molecule has 2 heterocycles. The van der Waals surface area contributed by atoms with E-state index in [0.717, 1.165) is 36.5 Å². The van der Waals surface area contributed by atoms with Crippen LogP contribution in [0.4, 0.5) is 5.82 Å². The van der Waals surface area contributed by atoms with Crippen molar-refractivity contribution in [2.24, 2.45) is 0 Å². The Bertz CT molecular complexity index is 392. The minimum Gasteiger partial charge on any atom is -0.367 e. The summed E-state index contributed by atoms with van der Waals surface area (Å²) in [5, 5.41) is 3.38. The SMILES string of the molecule is CCN1CCN([C@H](C)CNc2ncncc2Br)CC1. The molecule has 1 aromatic rings. The van der Waals surface area contributed by atoms with Gasteiger partial charge in [0.2, 0.25) is 0 Å². The van der Waals surface area contributed by atoms with E-state index >= 15 is 0 Å². The van der Waals surface area contributed by atoms with Gasteiger partial charge < -0.3 is 10.2 Å². The van der Waals surface area contributed by atoms with Crippen LogP contribution in [0.5, 0.6) is 0 Å². The maximum atomic E-state index is 4.22. The third kappa shape index (κ3) is 4.12. The fraction of sp³-hybridized carbons (Fsp3) is 0.692. The molecule has 1 atom stereocenters. The van der Waals surface area contributed by atoms with Gasteiger partial charge in [0.25, 0.3) is 0 Å². The Balaban J connectivity index is 1.79. The summed E-state index contributed by atoms with van der Waals surface area (Å²) in [7, 11) is 0. The third-order valence-electron chi connectivity index (χ3n) is 3.71. The van der Waals surface area contributed by atoms with E-state index in [0.29, 0.717) is 6.04 Å². The van der Waals surface area contributed by atoms with E-state index in [2.05, 4.69) is 54.9 Å². The Kier molecular flexibility index (Phi) is 5.54. The number of hydrogen-bond acceptors (Lipinski definition) is 5. The zero-order chi connectivity index (χ0) is 13.7. The number of aromatic nitrogens is 2. The van der Waals surface area contributed by atoms with E-state index in [1.165, 1.54) is 13.1 Å². The second-order valence-electron chi connectivity index (χ2n) is 4.92. The van der Waals surface area contributed by atoms with E-state index in [-0.39, 0.29) is 0 Å². The molecule has 1 N–H and O–H groups in total. The molecule has 0 unspecified atom stereocenters. The second kappa shape index (κ2) is 7.17. The molecule has 1 aliphatic heterocycles. The molecule has 1 aliphatic rings. The van der Waals surface area contributed by atoms with Crippen LogP contribution in [0.3, 0.4) is 0 Å². The van der Waals surface area contributed by atoms with Gasteiger partial charge in [0.1, 0.15) is 12.1 Å². The first-order chi connectivity index (χ1) is 9.20. The van der Waals surface area contributed by atoms with E-state index in [1.54, 1.807) is 12.5 Å². The van der Waals surface area contributed by atoms with Crippen LogP contribution in [0.25, 0.3) is 0 Å². The van der Waals surface area contributed by atoms with Crippen LogP contribution in [-0.4, -0.2) is 65.1 Å². The summed E-state index contributed by atoms with van der Waals surface area (Å²) in [6.07, 6.45) is 3.33. The summed E-state index contributed by atoms with van der Waals surface area (Å²) in [6, 6.07) is 0.515. The topological polar surface area (TPSA) is 44.3 Å². The summed E-state index contributed by atoms with van der Waals surface area (Å²) in [4.78, 5) is 13.2. The van der Waals surface area contributed by atoms with Gasteiger partial charge in [-0.3, -0.25) is 4.90 Å². The molecule has 1 saturated heterocycles. The Morgan fingerprint density at radius 2 is 2.11 bits per heavy atom. The molecule has 5 nitrogen and oxygen atoms in total. The molecule has 2 rings (SSSR count). The lowest BCUT2D eigenvalue weighted by Gasteiger charge is -2.37. The van der Waals surface area contributed by atoms with Crippen molar-refractivity contribution in [3.8, 4) is 0 Å². The number of piperazine rings is 1. The Morgan fingerprint density at radius 3 is 2.74 bits per heavy atom. The summed E-state index contributed by atoms with van der Waals surface area (Å²) >= 11 is 3.45. The minimum atomic E-state index is 0.515. The van der Waals surface area contributed by atoms with Crippen LogP contribution < -0.4 is 5.32 Å². The van der Waals surface area contributed by atoms with E-state index < -0.39 is 0 Å². The highest BCUT2D eigenvalue weighted by Crippen LogP contribution is 2.17. The van der Waals surface area contributed by atoms with Gasteiger partial charge in [-0.25, -0.2) is 9.97 Å². The molecular formula is C13H22BrN5. The van der Waals surface area contributed by atoms with E-state index in [9.17, 15) is 0 Å². The highest BCUT2D eigenvalue weighted by Gasteiger charge is 2.20. The first kappa shape index (κ1) is 14.7. The average Bonchev–Trinajstić information content (AvgIpc) is 2.46. The molecular weight excluding hydrogens is 306 g/mol. The van der Waals surface area contributed by atoms with Gasteiger partial charge in [-0.2, -0.15) is 0 Å². The van der Waals surface area contributed by atoms with Gasteiger partial charge in [0.15, 0.2) is 0 Å². The lowest BCUT2D eigenvalue weighted by atomic mass is 10.2. The van der Waals surface area contributed by atoms with Crippen molar-refractivity contribution >= 4 is 21.7 Å². The quantitative estimate of drug-likeness (QED) is 0.891. The molecule has 0 bridgehead atoms. The van der Waals surface area contributed by atoms with Crippen molar-refractivity contribution < 1.29 is 0 Å². The first-order valence-corrected chi connectivity index (χ1v) is 7.65. The molecule has 6 heteroatoms. The van der Waals surface area contributed by atoms with Gasteiger partial charge in [0.05, 0.1) is 4.47 Å². The van der Waals surface area contributed by atoms with Crippen LogP contribution >= 0.6 is 15.9 Å². The highest BCUT2D eigenvalue weighted by atomic mass is 79.9. The van der Waals surface area contributed by atoms with Crippen LogP contribution in [0, 0.1) is 0 Å². The molecule has 0 aromatic carbocycles. The Morgan fingerprint density at radius 1 is 1.37 bits per heavy atom. The predicted octanol–water partition coefficient (Wildman–Crippen LogP) is 1.68. The number of halogens is 1. The molecule has 0 saturated carbocycles. The van der Waals surface area contributed by atoms with Crippen LogP contribution in [0.15, 0.2) is 17.0 Å². The van der Waals surface area contributed by atoms with Gasteiger partial charge in [-0.15, -0.1) is 0 Å². The molecule has 0 spiro atoms. The lowest BCUT2D eigenvalue weighted by Crippen LogP contribution is -2.51. The molecule has 106 valence electrons. The van der Waals surface area contributed by atoms with E-state index in [1.807, 2.05) is 0 Å². The fourth-order valence-electron chi connectivity index (χ4n) is 2.34. The smallest absolute Gasteiger partial charge is 0.143 e. The molecule has 0 aliphatic carbocycles. The van der Waals surface area contributed by atoms with Gasteiger partial charge in [0, 0.05) is 45.0 Å². The third-order valence-corrected chi connectivity index (χ3v) is 4.29. The van der Waals surface area contributed by atoms with Crippen molar-refractivity contribution in [2.75, 3.05) is 44.6 Å². The van der Waals surface area contributed by atoms with E-state index in [4.69, 9.17) is 0 Å². The van der Waals surface area contributed by atoms with Crippen LogP contribution in [-0.2, 0) is 0 Å². The van der Waals surface area contributed by atoms with Crippen molar-refractivity contribution in [1.29, 1.82) is 0 Å². The van der Waals surface area contributed by atoms with Crippen molar-refractivity contribution in [2.45, 2.75) is 19.9 Å². The monoisotopic (exact) mass is 327 g/mol. The summed E-state index contributed by atoms with van der Waals surface area (Å²) in [5.74, 6) is 0.869. The number of rotatable bonds is 5. The molecule has 1 fully saturated rings. The number of nitrogens with one attached hydrogen (secondary N) is 1. The first-order valence-electron chi connectivity index (χ1n) is 6.86. The molecule has 19 heavy (non-hydrogen) atoms. The maximum Gasteiger partial charge on any atom is 0.143 e. The highest BCUT2D eigenvalue weighted by molar-refractivity contribution is 9.10. The Hall–Kier alpha value is -0.720. The second-order valence-corrected chi connectivity index (χ2v) is 5.77. The fourth-order valence-corrected chi connectivity index (χ4v) is 2.70. The standard InChI is InChI=1S/C13H22BrN5/c1-3-18-4-6-19(7-5-18)11(2)8-16-13-12(14)9-15-10-17-13/h9-11H,3-8H2,1-2H3,(H,15,16,17)/t11-/m1/s1. The normalized spacial score (nSPS) is 19.3. The van der Waals surface area contributed by atoms with Gasteiger partial charge in [-0.05, 0) is 29.4 Å². The van der Waals surface area contributed by atoms with Gasteiger partial charge in [-0.1, -0.05) is 6.92 Å². The van der Waals surface area contributed by atoms with Gasteiger partial charge >= 0.3 is 0 Å². The molecule has 0 amide bonds. The van der Waals surface area contributed by atoms with Crippen LogP contribution in [0.1, 0.15) is 13.8 Å². The number of anilines is 1. The summed E-state index contributed by atoms with van der Waals surface area (Å²) in [5.41, 5.74) is 0. The molecule has 0 radical (unpaired) electrons. The summed E-state index contributed by atoms with van der Waals surface area (Å²) in [6.45, 7) is 11.2. The van der Waals surface area contributed by atoms with Crippen molar-refractivity contribution in [3.63, 3.8) is 0 Å². The summed E-state index contributed by atoms with van der Waals surface area (Å²) < 4.78 is 0.915. The number of likely N-dealkylation sites (N-methyl/N-ethyl adjacent to an activating group) is 1. The predicted molar refractivity (Wildman–Crippen MR) is 81.4 cm³/mol. The zero-order valence-electron chi connectivity index (χ0n) is 11.6. The maximum absolute atomic E-state index is 4.22. The van der Waals surface area contributed by atoms with Crippen LogP contribution in [0.2, 0.25) is 0 Å². The lowest BCUT2D eigenvalue weighted by molar-refractivity contribution is 0.110. The van der Waals surface area contributed by atoms with Crippen molar-refractivity contribution in [3.05, 3.63) is 17.0 Å². The number of nitrogens with zero attached hydrogens (tertiary/aromatic N) is 4. The van der Waals surface area contributed by atoms with Crippen molar-refractivity contribution in [1.82, 2.24) is 19.8 Å². The Labute approximate surface area is 123 Å². The largest absolute Gasteiger partial charge is 0.367 e. The zero-order valence-corrected chi connectivity index (χ0v) is 13.2. The average molecular weight is 328 g/mol.